The van der Waals surface area contributed by atoms with E-state index in [0.29, 0.717) is 25.7 Å². The first-order valence-electron chi connectivity index (χ1n) is 20.6. The Hall–Kier alpha value is -1.70. The molecule has 0 aliphatic rings. The smallest absolute Gasteiger partial charge is 0.341 e. The number of hydrogen-bond acceptors (Lipinski definition) is 7. The van der Waals surface area contributed by atoms with E-state index >= 15 is 0 Å². The van der Waals surface area contributed by atoms with Crippen LogP contribution in [0.5, 0.6) is 0 Å². The van der Waals surface area contributed by atoms with Crippen molar-refractivity contribution in [2.24, 2.45) is 0 Å². The molecule has 0 aliphatic heterocycles. The molecular formula is C41H76FO7-. The van der Waals surface area contributed by atoms with E-state index in [1.807, 2.05) is 6.92 Å². The number of carboxylic acid groups (broad SMARTS) is 1. The fourth-order valence-corrected chi connectivity index (χ4v) is 6.72. The summed E-state index contributed by atoms with van der Waals surface area (Å²) in [5.74, 6) is -4.05. The molecule has 0 rings (SSSR count). The number of carbonyl (C=O) groups is 3. The Balaban J connectivity index is 5.79. The van der Waals surface area contributed by atoms with E-state index in [2.05, 4.69) is 20.8 Å². The third-order valence-electron chi connectivity index (χ3n) is 9.81. The summed E-state index contributed by atoms with van der Waals surface area (Å²) in [6, 6.07) is 0. The first-order chi connectivity index (χ1) is 23.6. The number of carbonyl (C=O) groups excluding carboxylic acids is 3. The highest BCUT2D eigenvalue weighted by Gasteiger charge is 2.44. The first kappa shape index (κ1) is 47.3. The van der Waals surface area contributed by atoms with Crippen LogP contribution in [0.25, 0.3) is 0 Å². The van der Waals surface area contributed by atoms with E-state index < -0.39 is 48.3 Å². The molecule has 0 aromatic rings. The summed E-state index contributed by atoms with van der Waals surface area (Å²) in [4.78, 5) is 38.1. The van der Waals surface area contributed by atoms with Crippen LogP contribution in [0.3, 0.4) is 0 Å². The highest BCUT2D eigenvalue weighted by molar-refractivity contribution is 5.89. The number of esters is 2. The van der Waals surface area contributed by atoms with E-state index in [4.69, 9.17) is 9.47 Å². The molecule has 8 heteroatoms. The Morgan fingerprint density at radius 2 is 0.918 bits per heavy atom. The Bertz CT molecular complexity index is 804. The molecule has 0 radical (unpaired) electrons. The minimum Gasteiger partial charge on any atom is -0.550 e. The molecule has 0 aromatic heterocycles. The molecule has 0 aliphatic carbocycles. The minimum absolute atomic E-state index is 0.0596. The Labute approximate surface area is 300 Å². The zero-order valence-electron chi connectivity index (χ0n) is 32.3. The van der Waals surface area contributed by atoms with Gasteiger partial charge in [0.25, 0.3) is 0 Å². The highest BCUT2D eigenvalue weighted by atomic mass is 19.1. The van der Waals surface area contributed by atoms with Gasteiger partial charge in [-0.2, -0.15) is 0 Å². The summed E-state index contributed by atoms with van der Waals surface area (Å²) in [5, 5.41) is 22.7. The maximum Gasteiger partial charge on any atom is 0.341 e. The normalized spacial score (nSPS) is 13.6. The Kier molecular flexibility index (Phi) is 30.0. The lowest BCUT2D eigenvalue weighted by molar-refractivity contribution is -0.309. The van der Waals surface area contributed by atoms with E-state index in [9.17, 15) is 29.0 Å². The first-order valence-corrected chi connectivity index (χ1v) is 20.6. The van der Waals surface area contributed by atoms with Crippen LogP contribution in [-0.2, 0) is 23.9 Å². The van der Waals surface area contributed by atoms with Crippen LogP contribution in [0, 0.1) is 0 Å². The molecule has 2 unspecified atom stereocenters. The quantitative estimate of drug-likeness (QED) is 0.0511. The maximum atomic E-state index is 14.5. The highest BCUT2D eigenvalue weighted by Crippen LogP contribution is 2.35. The molecule has 7 nitrogen and oxygen atoms in total. The number of carboxylic acids is 1. The van der Waals surface area contributed by atoms with Gasteiger partial charge in [-0.15, -0.1) is 0 Å². The van der Waals surface area contributed by atoms with Gasteiger partial charge in [0.15, 0.2) is 5.60 Å². The number of aliphatic hydroxyl groups is 1. The number of hydrogen-bond donors (Lipinski definition) is 1. The van der Waals surface area contributed by atoms with Crippen molar-refractivity contribution >= 4 is 17.9 Å². The van der Waals surface area contributed by atoms with Gasteiger partial charge >= 0.3 is 11.9 Å². The molecule has 0 aromatic carbocycles. The van der Waals surface area contributed by atoms with Crippen LogP contribution < -0.4 is 5.11 Å². The van der Waals surface area contributed by atoms with Crippen LogP contribution in [0.15, 0.2) is 0 Å². The maximum absolute atomic E-state index is 14.5. The van der Waals surface area contributed by atoms with Crippen LogP contribution in [0.1, 0.15) is 227 Å². The van der Waals surface area contributed by atoms with Crippen molar-refractivity contribution in [3.8, 4) is 0 Å². The van der Waals surface area contributed by atoms with Crippen molar-refractivity contribution < 1.29 is 38.5 Å². The number of halogens is 1. The Morgan fingerprint density at radius 1 is 0.571 bits per heavy atom. The van der Waals surface area contributed by atoms with Gasteiger partial charge in [-0.05, 0) is 44.9 Å². The number of unbranched alkanes of at least 4 members (excludes halogenated alkanes) is 21. The number of alkyl halides is 1. The van der Waals surface area contributed by atoms with E-state index in [0.717, 1.165) is 89.9 Å². The zero-order valence-corrected chi connectivity index (χ0v) is 32.3. The largest absolute Gasteiger partial charge is 0.550 e. The SMILES string of the molecule is CCCCCCCCCCCC(CCCCCCCC)(CCCCCCCC)OC(=O)CC(O)(CC(=O)[O-])C(=O)OC(F)CCCCCC. The molecule has 0 saturated carbocycles. The van der Waals surface area contributed by atoms with Gasteiger partial charge in [0, 0.05) is 18.8 Å². The van der Waals surface area contributed by atoms with Crippen molar-refractivity contribution in [3.05, 3.63) is 0 Å². The lowest BCUT2D eigenvalue weighted by Gasteiger charge is -2.36. The Morgan fingerprint density at radius 3 is 1.29 bits per heavy atom. The molecule has 1 N–H and O–H groups in total. The second-order valence-corrected chi connectivity index (χ2v) is 14.7. The molecule has 0 saturated heterocycles. The summed E-state index contributed by atoms with van der Waals surface area (Å²) >= 11 is 0. The number of ether oxygens (including phenoxy) is 2. The summed E-state index contributed by atoms with van der Waals surface area (Å²) in [6.07, 6.45) is 24.8. The second-order valence-electron chi connectivity index (χ2n) is 14.7. The second kappa shape index (κ2) is 31.1. The number of rotatable bonds is 36. The minimum atomic E-state index is -2.77. The van der Waals surface area contributed by atoms with Crippen molar-refractivity contribution in [1.29, 1.82) is 0 Å². The van der Waals surface area contributed by atoms with Gasteiger partial charge in [-0.3, -0.25) is 4.79 Å². The lowest BCUT2D eigenvalue weighted by Crippen LogP contribution is -2.49. The predicted molar refractivity (Wildman–Crippen MR) is 196 cm³/mol. The molecular weight excluding hydrogens is 623 g/mol. The summed E-state index contributed by atoms with van der Waals surface area (Å²) in [5.41, 5.74) is -3.53. The number of aliphatic carboxylic acids is 1. The molecule has 0 heterocycles. The summed E-state index contributed by atoms with van der Waals surface area (Å²) in [7, 11) is 0. The predicted octanol–water partition coefficient (Wildman–Crippen LogP) is 10.8. The topological polar surface area (TPSA) is 113 Å². The van der Waals surface area contributed by atoms with Crippen LogP contribution >= 0.6 is 0 Å². The van der Waals surface area contributed by atoms with Crippen LogP contribution in [-0.4, -0.2) is 40.6 Å². The standard InChI is InChI=1S/C41H77FO7/c1-5-9-13-17-20-21-22-25-29-33-40(31-27-23-18-14-10-6-2,32-28-24-19-15-11-7-3)49-38(45)35-41(47,34-37(43)44)39(46)48-36(42)30-26-16-12-8-4/h36,47H,5-35H2,1-4H3,(H,43,44)/p-1. The van der Waals surface area contributed by atoms with Gasteiger partial charge in [0.1, 0.15) is 5.60 Å². The average Bonchev–Trinajstić information content (AvgIpc) is 3.05. The van der Waals surface area contributed by atoms with Crippen LogP contribution in [0.4, 0.5) is 4.39 Å². The summed E-state index contributed by atoms with van der Waals surface area (Å²) < 4.78 is 25.6. The van der Waals surface area contributed by atoms with E-state index in [1.54, 1.807) is 0 Å². The van der Waals surface area contributed by atoms with Crippen molar-refractivity contribution in [1.82, 2.24) is 0 Å². The van der Waals surface area contributed by atoms with Crippen molar-refractivity contribution in [2.75, 3.05) is 0 Å². The van der Waals surface area contributed by atoms with Gasteiger partial charge in [-0.1, -0.05) is 163 Å². The zero-order chi connectivity index (χ0) is 36.6. The molecule has 0 spiro atoms. The molecule has 49 heavy (non-hydrogen) atoms. The molecule has 0 amide bonds. The van der Waals surface area contributed by atoms with E-state index in [1.165, 1.54) is 64.2 Å². The van der Waals surface area contributed by atoms with Gasteiger partial charge in [0.05, 0.1) is 6.42 Å². The van der Waals surface area contributed by atoms with Crippen molar-refractivity contribution in [3.63, 3.8) is 0 Å². The van der Waals surface area contributed by atoms with Crippen molar-refractivity contribution in [2.45, 2.75) is 244 Å². The van der Waals surface area contributed by atoms with E-state index in [-0.39, 0.29) is 6.42 Å². The molecule has 0 fully saturated rings. The molecule has 2 atom stereocenters. The molecule has 290 valence electrons. The van der Waals surface area contributed by atoms with Gasteiger partial charge in [0.2, 0.25) is 6.36 Å². The monoisotopic (exact) mass is 700 g/mol. The fourth-order valence-electron chi connectivity index (χ4n) is 6.72. The molecule has 0 bridgehead atoms. The summed E-state index contributed by atoms with van der Waals surface area (Å²) in [6.45, 7) is 8.63. The third kappa shape index (κ3) is 25.8. The average molecular weight is 700 g/mol. The van der Waals surface area contributed by atoms with Crippen LogP contribution in [0.2, 0.25) is 0 Å². The van der Waals surface area contributed by atoms with Gasteiger partial charge < -0.3 is 24.5 Å². The van der Waals surface area contributed by atoms with Gasteiger partial charge in [-0.25, -0.2) is 9.18 Å². The fraction of sp³-hybridized carbons (Fsp3) is 0.927. The lowest BCUT2D eigenvalue weighted by atomic mass is 9.84. The third-order valence-corrected chi connectivity index (χ3v) is 9.81.